The van der Waals surface area contributed by atoms with E-state index in [1.165, 1.54) is 0 Å². The van der Waals surface area contributed by atoms with E-state index in [1.54, 1.807) is 18.0 Å². The fraction of sp³-hybridized carbons (Fsp3) is 0.250. The topological polar surface area (TPSA) is 30.2 Å². The summed E-state index contributed by atoms with van der Waals surface area (Å²) in [6.45, 7) is 4.42. The molecule has 0 radical (unpaired) electrons. The second kappa shape index (κ2) is 6.08. The van der Waals surface area contributed by atoms with E-state index in [-0.39, 0.29) is 0 Å². The normalized spacial score (nSPS) is 11.4. The van der Waals surface area contributed by atoms with Crippen molar-refractivity contribution in [2.45, 2.75) is 18.9 Å². The third-order valence-corrected chi connectivity index (χ3v) is 4.72. The van der Waals surface area contributed by atoms with Gasteiger partial charge in [-0.3, -0.25) is 0 Å². The summed E-state index contributed by atoms with van der Waals surface area (Å²) in [4.78, 5) is 4.48. The zero-order valence-corrected chi connectivity index (χ0v) is 13.5. The predicted octanol–water partition coefficient (Wildman–Crippen LogP) is 4.80. The summed E-state index contributed by atoms with van der Waals surface area (Å²) in [5, 5.41) is 6.38. The third kappa shape index (κ3) is 3.22. The fourth-order valence-corrected chi connectivity index (χ4v) is 3.07. The first-order valence-corrected chi connectivity index (χ1v) is 8.23. The fourth-order valence-electron chi connectivity index (χ4n) is 2.02. The molecule has 0 saturated carbocycles. The van der Waals surface area contributed by atoms with Crippen LogP contribution in [0.5, 0.6) is 0 Å². The minimum Gasteiger partial charge on any atom is -0.246 e. The Kier molecular flexibility index (Phi) is 4.17. The second-order valence-corrected chi connectivity index (χ2v) is 6.75. The van der Waals surface area contributed by atoms with Gasteiger partial charge < -0.3 is 0 Å². The number of halogens is 1. The lowest BCUT2D eigenvalue weighted by Gasteiger charge is -2.04. The zero-order valence-electron chi connectivity index (χ0n) is 12.0. The van der Waals surface area contributed by atoms with E-state index in [4.69, 9.17) is 11.6 Å². The standard InChI is InChI=1S/C16H16ClN3S/c1-11(2)10-21-16-15-9-14(19-20(15)8-7-18-16)12-3-5-13(17)6-4-12/h3-9,11H,10H2,1-2H3. The van der Waals surface area contributed by atoms with Crippen molar-refractivity contribution in [1.82, 2.24) is 14.6 Å². The molecule has 0 aliphatic rings. The van der Waals surface area contributed by atoms with Gasteiger partial charge in [-0.25, -0.2) is 9.50 Å². The van der Waals surface area contributed by atoms with Gasteiger partial charge in [0, 0.05) is 28.7 Å². The average molecular weight is 318 g/mol. The second-order valence-electron chi connectivity index (χ2n) is 5.30. The highest BCUT2D eigenvalue weighted by molar-refractivity contribution is 7.99. The molecule has 0 aliphatic carbocycles. The van der Waals surface area contributed by atoms with Crippen LogP contribution < -0.4 is 0 Å². The minimum atomic E-state index is 0.635. The van der Waals surface area contributed by atoms with Crippen LogP contribution in [0.4, 0.5) is 0 Å². The van der Waals surface area contributed by atoms with Gasteiger partial charge in [-0.1, -0.05) is 37.6 Å². The monoisotopic (exact) mass is 317 g/mol. The SMILES string of the molecule is CC(C)CSc1nccn2nc(-c3ccc(Cl)cc3)cc12. The van der Waals surface area contributed by atoms with Crippen LogP contribution in [-0.2, 0) is 0 Å². The molecule has 1 aromatic carbocycles. The van der Waals surface area contributed by atoms with Crippen LogP contribution in [-0.4, -0.2) is 20.4 Å². The van der Waals surface area contributed by atoms with Gasteiger partial charge in [-0.05, 0) is 24.1 Å². The van der Waals surface area contributed by atoms with Crippen molar-refractivity contribution in [1.29, 1.82) is 0 Å². The quantitative estimate of drug-likeness (QED) is 0.648. The molecule has 3 aromatic rings. The van der Waals surface area contributed by atoms with Gasteiger partial charge in [-0.2, -0.15) is 5.10 Å². The molecule has 0 atom stereocenters. The molecule has 0 aliphatic heterocycles. The van der Waals surface area contributed by atoms with Crippen molar-refractivity contribution in [2.75, 3.05) is 5.75 Å². The van der Waals surface area contributed by atoms with Gasteiger partial charge in [0.05, 0.1) is 11.2 Å². The highest BCUT2D eigenvalue weighted by Crippen LogP contribution is 2.27. The van der Waals surface area contributed by atoms with Crippen LogP contribution in [0.3, 0.4) is 0 Å². The van der Waals surface area contributed by atoms with E-state index >= 15 is 0 Å². The highest BCUT2D eigenvalue weighted by atomic mass is 35.5. The van der Waals surface area contributed by atoms with Crippen LogP contribution >= 0.6 is 23.4 Å². The van der Waals surface area contributed by atoms with E-state index < -0.39 is 0 Å². The van der Waals surface area contributed by atoms with Crippen molar-refractivity contribution in [3.63, 3.8) is 0 Å². The molecular formula is C16H16ClN3S. The van der Waals surface area contributed by atoms with Gasteiger partial charge in [0.15, 0.2) is 0 Å². The van der Waals surface area contributed by atoms with Crippen molar-refractivity contribution in [3.8, 4) is 11.3 Å². The Morgan fingerprint density at radius 2 is 2.00 bits per heavy atom. The molecule has 2 heterocycles. The molecule has 0 saturated heterocycles. The van der Waals surface area contributed by atoms with Crippen molar-refractivity contribution in [3.05, 3.63) is 47.7 Å². The number of aromatic nitrogens is 3. The van der Waals surface area contributed by atoms with Crippen molar-refractivity contribution in [2.24, 2.45) is 5.92 Å². The summed E-state index contributed by atoms with van der Waals surface area (Å²) in [6, 6.07) is 9.82. The molecule has 0 unspecified atom stereocenters. The smallest absolute Gasteiger partial charge is 0.122 e. The lowest BCUT2D eigenvalue weighted by atomic mass is 10.1. The minimum absolute atomic E-state index is 0.635. The number of benzene rings is 1. The number of hydrogen-bond acceptors (Lipinski definition) is 3. The van der Waals surface area contributed by atoms with Crippen LogP contribution in [0.25, 0.3) is 16.8 Å². The maximum Gasteiger partial charge on any atom is 0.122 e. The summed E-state index contributed by atoms with van der Waals surface area (Å²) in [6.07, 6.45) is 3.68. The van der Waals surface area contributed by atoms with E-state index in [9.17, 15) is 0 Å². The van der Waals surface area contributed by atoms with Gasteiger partial charge in [0.1, 0.15) is 5.03 Å². The molecule has 0 amide bonds. The molecule has 0 bridgehead atoms. The molecule has 21 heavy (non-hydrogen) atoms. The Hall–Kier alpha value is -1.52. The summed E-state index contributed by atoms with van der Waals surface area (Å²) >= 11 is 7.71. The Morgan fingerprint density at radius 3 is 2.71 bits per heavy atom. The number of fused-ring (bicyclic) bond motifs is 1. The number of rotatable bonds is 4. The number of thioether (sulfide) groups is 1. The maximum atomic E-state index is 5.93. The summed E-state index contributed by atoms with van der Waals surface area (Å²) in [7, 11) is 0. The molecule has 0 fully saturated rings. The predicted molar refractivity (Wildman–Crippen MR) is 89.0 cm³/mol. The lowest BCUT2D eigenvalue weighted by molar-refractivity contribution is 0.749. The molecule has 0 spiro atoms. The number of hydrogen-bond donors (Lipinski definition) is 0. The molecule has 0 N–H and O–H groups in total. The molecule has 3 rings (SSSR count). The molecular weight excluding hydrogens is 302 g/mol. The highest BCUT2D eigenvalue weighted by Gasteiger charge is 2.10. The van der Waals surface area contributed by atoms with Gasteiger partial charge in [-0.15, -0.1) is 11.8 Å². The average Bonchev–Trinajstić information content (AvgIpc) is 2.90. The molecule has 108 valence electrons. The summed E-state index contributed by atoms with van der Waals surface area (Å²) in [5.74, 6) is 1.68. The van der Waals surface area contributed by atoms with Crippen molar-refractivity contribution >= 4 is 28.9 Å². The summed E-state index contributed by atoms with van der Waals surface area (Å²) < 4.78 is 1.89. The van der Waals surface area contributed by atoms with Crippen LogP contribution in [0.1, 0.15) is 13.8 Å². The van der Waals surface area contributed by atoms with E-state index in [1.807, 2.05) is 35.0 Å². The van der Waals surface area contributed by atoms with Crippen LogP contribution in [0.2, 0.25) is 5.02 Å². The van der Waals surface area contributed by atoms with E-state index in [0.29, 0.717) is 5.92 Å². The van der Waals surface area contributed by atoms with E-state index in [0.717, 1.165) is 32.6 Å². The van der Waals surface area contributed by atoms with Gasteiger partial charge in [0.2, 0.25) is 0 Å². The molecule has 2 aromatic heterocycles. The van der Waals surface area contributed by atoms with Gasteiger partial charge in [0.25, 0.3) is 0 Å². The van der Waals surface area contributed by atoms with Crippen molar-refractivity contribution < 1.29 is 0 Å². The number of nitrogens with zero attached hydrogens (tertiary/aromatic N) is 3. The largest absolute Gasteiger partial charge is 0.246 e. The summed E-state index contributed by atoms with van der Waals surface area (Å²) in [5.41, 5.74) is 3.04. The van der Waals surface area contributed by atoms with Crippen LogP contribution in [0, 0.1) is 5.92 Å². The molecule has 3 nitrogen and oxygen atoms in total. The Labute approximate surface area is 133 Å². The Bertz CT molecular complexity index is 750. The third-order valence-electron chi connectivity index (χ3n) is 3.05. The lowest BCUT2D eigenvalue weighted by Crippen LogP contribution is -1.94. The van der Waals surface area contributed by atoms with Gasteiger partial charge >= 0.3 is 0 Å². The first kappa shape index (κ1) is 14.4. The van der Waals surface area contributed by atoms with Crippen LogP contribution in [0.15, 0.2) is 47.8 Å². The Balaban J connectivity index is 1.99. The zero-order chi connectivity index (χ0) is 14.8. The van der Waals surface area contributed by atoms with E-state index in [2.05, 4.69) is 30.0 Å². The Morgan fingerprint density at radius 1 is 1.24 bits per heavy atom. The maximum absolute atomic E-state index is 5.93. The first-order chi connectivity index (χ1) is 10.1. The molecule has 5 heteroatoms. The first-order valence-electron chi connectivity index (χ1n) is 6.86.